The van der Waals surface area contributed by atoms with Crippen molar-refractivity contribution in [1.29, 1.82) is 0 Å². The highest BCUT2D eigenvalue weighted by molar-refractivity contribution is 6.35. The van der Waals surface area contributed by atoms with Crippen molar-refractivity contribution in [2.24, 2.45) is 0 Å². The Balaban J connectivity index is 1.27. The summed E-state index contributed by atoms with van der Waals surface area (Å²) in [6, 6.07) is 14.4. The number of pyridine rings is 1. The number of benzene rings is 1. The molecule has 1 N–H and O–H groups in total. The van der Waals surface area contributed by atoms with E-state index < -0.39 is 11.8 Å². The van der Waals surface area contributed by atoms with Crippen LogP contribution in [0.4, 0.5) is 0 Å². The van der Waals surface area contributed by atoms with Crippen LogP contribution in [-0.2, 0) is 22.6 Å². The van der Waals surface area contributed by atoms with Crippen LogP contribution in [0.5, 0.6) is 0 Å². The molecule has 1 aliphatic heterocycles. The lowest BCUT2D eigenvalue weighted by atomic mass is 9.78. The standard InChI is InChI=1S/C24H26N4O2/c29-23(25-15-18-16-27-13-4-3-12-22(27)26-18)24(30)28-14-6-11-21(28)20-10-5-8-17-7-1-2-9-19(17)20/h1-4,7,9,12-13,16,20-21H,5-6,8,10-11,14-15H2,(H,25,29). The van der Waals surface area contributed by atoms with Crippen molar-refractivity contribution in [3.8, 4) is 0 Å². The number of nitrogens with one attached hydrogen (secondary N) is 1. The second-order valence-electron chi connectivity index (χ2n) is 8.29. The number of amides is 2. The van der Waals surface area contributed by atoms with Gasteiger partial charge >= 0.3 is 11.8 Å². The molecule has 0 radical (unpaired) electrons. The second kappa shape index (κ2) is 7.94. The second-order valence-corrected chi connectivity index (χ2v) is 8.29. The molecule has 2 aliphatic rings. The van der Waals surface area contributed by atoms with E-state index in [-0.39, 0.29) is 12.6 Å². The van der Waals surface area contributed by atoms with Gasteiger partial charge in [0.25, 0.3) is 0 Å². The topological polar surface area (TPSA) is 66.7 Å². The fourth-order valence-electron chi connectivity index (χ4n) is 5.10. The molecular formula is C24H26N4O2. The number of nitrogens with zero attached hydrogens (tertiary/aromatic N) is 3. The van der Waals surface area contributed by atoms with Crippen LogP contribution in [0.2, 0.25) is 0 Å². The summed E-state index contributed by atoms with van der Waals surface area (Å²) in [6.45, 7) is 0.904. The average Bonchev–Trinajstić information content (AvgIpc) is 3.43. The number of aromatic nitrogens is 2. The molecule has 1 saturated heterocycles. The molecule has 2 unspecified atom stereocenters. The van der Waals surface area contributed by atoms with Gasteiger partial charge < -0.3 is 14.6 Å². The summed E-state index contributed by atoms with van der Waals surface area (Å²) >= 11 is 0. The van der Waals surface area contributed by atoms with E-state index in [9.17, 15) is 9.59 Å². The lowest BCUT2D eigenvalue weighted by molar-refractivity contribution is -0.146. The highest BCUT2D eigenvalue weighted by Gasteiger charge is 2.39. The molecule has 1 aromatic carbocycles. The van der Waals surface area contributed by atoms with E-state index in [1.807, 2.05) is 39.9 Å². The number of hydrogen-bond donors (Lipinski definition) is 1. The number of aryl methyl sites for hydroxylation is 1. The molecule has 6 nitrogen and oxygen atoms in total. The number of likely N-dealkylation sites (tertiary alicyclic amines) is 1. The van der Waals surface area contributed by atoms with Crippen molar-refractivity contribution >= 4 is 17.5 Å². The van der Waals surface area contributed by atoms with Gasteiger partial charge in [0, 0.05) is 30.9 Å². The lowest BCUT2D eigenvalue weighted by Gasteiger charge is -2.35. The van der Waals surface area contributed by atoms with E-state index in [1.165, 1.54) is 11.1 Å². The number of rotatable bonds is 3. The number of hydrogen-bond acceptors (Lipinski definition) is 3. The van der Waals surface area contributed by atoms with Crippen molar-refractivity contribution in [2.75, 3.05) is 6.54 Å². The summed E-state index contributed by atoms with van der Waals surface area (Å²) in [4.78, 5) is 31.9. The third-order valence-corrected chi connectivity index (χ3v) is 6.48. The molecule has 30 heavy (non-hydrogen) atoms. The molecule has 6 heteroatoms. The van der Waals surface area contributed by atoms with Crippen LogP contribution in [0.3, 0.4) is 0 Å². The number of imidazole rings is 1. The zero-order chi connectivity index (χ0) is 20.5. The Morgan fingerprint density at radius 3 is 2.83 bits per heavy atom. The Morgan fingerprint density at radius 1 is 1.07 bits per heavy atom. The monoisotopic (exact) mass is 402 g/mol. The number of carbonyl (C=O) groups excluding carboxylic acids is 2. The smallest absolute Gasteiger partial charge is 0.312 e. The van der Waals surface area contributed by atoms with Gasteiger partial charge in [-0.3, -0.25) is 9.59 Å². The molecular weight excluding hydrogens is 376 g/mol. The van der Waals surface area contributed by atoms with Gasteiger partial charge in [-0.2, -0.15) is 0 Å². The molecule has 2 amide bonds. The van der Waals surface area contributed by atoms with Gasteiger partial charge in [-0.25, -0.2) is 4.98 Å². The van der Waals surface area contributed by atoms with Crippen LogP contribution in [0.15, 0.2) is 54.9 Å². The summed E-state index contributed by atoms with van der Waals surface area (Å²) in [6.07, 6.45) is 9.02. The Hall–Kier alpha value is -3.15. The van der Waals surface area contributed by atoms with Crippen molar-refractivity contribution in [3.05, 3.63) is 71.7 Å². The van der Waals surface area contributed by atoms with E-state index in [2.05, 4.69) is 34.6 Å². The Bertz CT molecular complexity index is 1060. The summed E-state index contributed by atoms with van der Waals surface area (Å²) in [7, 11) is 0. The van der Waals surface area contributed by atoms with Gasteiger partial charge in [-0.15, -0.1) is 0 Å². The van der Waals surface area contributed by atoms with Crippen molar-refractivity contribution in [2.45, 2.75) is 50.6 Å². The predicted octanol–water partition coefficient (Wildman–Crippen LogP) is 3.06. The first kappa shape index (κ1) is 18.9. The lowest BCUT2D eigenvalue weighted by Crippen LogP contribution is -2.47. The van der Waals surface area contributed by atoms with Crippen LogP contribution in [0, 0.1) is 0 Å². The number of carbonyl (C=O) groups is 2. The van der Waals surface area contributed by atoms with Gasteiger partial charge in [0.15, 0.2) is 0 Å². The quantitative estimate of drug-likeness (QED) is 0.685. The maximum atomic E-state index is 13.0. The average molecular weight is 402 g/mol. The molecule has 154 valence electrons. The predicted molar refractivity (Wildman–Crippen MR) is 114 cm³/mol. The highest BCUT2D eigenvalue weighted by Crippen LogP contribution is 2.39. The maximum absolute atomic E-state index is 13.0. The van der Waals surface area contributed by atoms with Crippen LogP contribution >= 0.6 is 0 Å². The Morgan fingerprint density at radius 2 is 1.93 bits per heavy atom. The number of fused-ring (bicyclic) bond motifs is 2. The Labute approximate surface area is 175 Å². The SMILES string of the molecule is O=C(NCc1cn2ccccc2n1)C(=O)N1CCCC1C1CCCc2ccccc21. The van der Waals surface area contributed by atoms with Crippen molar-refractivity contribution in [1.82, 2.24) is 19.6 Å². The third-order valence-electron chi connectivity index (χ3n) is 6.48. The minimum Gasteiger partial charge on any atom is -0.342 e. The van der Waals surface area contributed by atoms with Gasteiger partial charge in [0.2, 0.25) is 0 Å². The van der Waals surface area contributed by atoms with E-state index in [1.54, 1.807) is 0 Å². The largest absolute Gasteiger partial charge is 0.342 e. The molecule has 0 bridgehead atoms. The van der Waals surface area contributed by atoms with Gasteiger partial charge in [0.05, 0.1) is 12.2 Å². The van der Waals surface area contributed by atoms with Crippen LogP contribution in [0.25, 0.3) is 5.65 Å². The fourth-order valence-corrected chi connectivity index (χ4v) is 5.10. The normalized spacial score (nSPS) is 20.9. The zero-order valence-corrected chi connectivity index (χ0v) is 17.0. The highest BCUT2D eigenvalue weighted by atomic mass is 16.2. The molecule has 1 fully saturated rings. The molecule has 0 saturated carbocycles. The first-order valence-electron chi connectivity index (χ1n) is 10.8. The summed E-state index contributed by atoms with van der Waals surface area (Å²) < 4.78 is 1.90. The third kappa shape index (κ3) is 3.47. The Kier molecular flexibility index (Phi) is 4.99. The molecule has 5 rings (SSSR count). The molecule has 3 heterocycles. The molecule has 0 spiro atoms. The van der Waals surface area contributed by atoms with E-state index in [0.29, 0.717) is 12.5 Å². The van der Waals surface area contributed by atoms with E-state index in [4.69, 9.17) is 0 Å². The van der Waals surface area contributed by atoms with Crippen molar-refractivity contribution in [3.63, 3.8) is 0 Å². The minimum atomic E-state index is -0.539. The maximum Gasteiger partial charge on any atom is 0.312 e. The molecule has 2 aromatic heterocycles. The van der Waals surface area contributed by atoms with Crippen molar-refractivity contribution < 1.29 is 9.59 Å². The molecule has 2 atom stereocenters. The molecule has 3 aromatic rings. The fraction of sp³-hybridized carbons (Fsp3) is 0.375. The van der Waals surface area contributed by atoms with Gasteiger partial charge in [-0.1, -0.05) is 30.3 Å². The summed E-state index contributed by atoms with van der Waals surface area (Å²) in [5, 5.41) is 2.77. The zero-order valence-electron chi connectivity index (χ0n) is 17.0. The van der Waals surface area contributed by atoms with Gasteiger partial charge in [-0.05, 0) is 55.4 Å². The van der Waals surface area contributed by atoms with Gasteiger partial charge in [0.1, 0.15) is 5.65 Å². The first-order valence-corrected chi connectivity index (χ1v) is 10.8. The van der Waals surface area contributed by atoms with Crippen LogP contribution in [-0.4, -0.2) is 38.7 Å². The molecule has 1 aliphatic carbocycles. The van der Waals surface area contributed by atoms with Crippen LogP contribution in [0.1, 0.15) is 48.4 Å². The summed E-state index contributed by atoms with van der Waals surface area (Å²) in [5.41, 5.74) is 4.31. The van der Waals surface area contributed by atoms with E-state index in [0.717, 1.165) is 43.4 Å². The summed E-state index contributed by atoms with van der Waals surface area (Å²) in [5.74, 6) is -0.625. The first-order chi connectivity index (χ1) is 14.7. The minimum absolute atomic E-state index is 0.111. The van der Waals surface area contributed by atoms with E-state index >= 15 is 0 Å². The van der Waals surface area contributed by atoms with Crippen LogP contribution < -0.4 is 5.32 Å².